The summed E-state index contributed by atoms with van der Waals surface area (Å²) in [5, 5.41) is 8.91. The zero-order valence-corrected chi connectivity index (χ0v) is 10.3. The average molecular weight is 235 g/mol. The Morgan fingerprint density at radius 2 is 2.06 bits per heavy atom. The Morgan fingerprint density at radius 1 is 1.41 bits per heavy atom. The molecule has 93 valence electrons. The standard InChI is InChI=1S/C14H19O3/c1-3-12(14(15)16)6-4-5-11-7-9-13(17-2)10-8-11/h5,7-10,12H,3-4,6H2,1-2H3,(H,15,16). The Labute approximate surface area is 102 Å². The second-order valence-corrected chi connectivity index (χ2v) is 4.00. The summed E-state index contributed by atoms with van der Waals surface area (Å²) in [4.78, 5) is 10.8. The molecule has 3 heteroatoms. The molecule has 1 N–H and O–H groups in total. The Bertz CT molecular complexity index is 343. The van der Waals surface area contributed by atoms with Crippen molar-refractivity contribution < 1.29 is 14.6 Å². The van der Waals surface area contributed by atoms with E-state index in [0.29, 0.717) is 12.8 Å². The van der Waals surface area contributed by atoms with Gasteiger partial charge in [-0.15, -0.1) is 0 Å². The zero-order chi connectivity index (χ0) is 12.7. The molecule has 1 rings (SSSR count). The molecule has 0 heterocycles. The van der Waals surface area contributed by atoms with Crippen LogP contribution in [0.1, 0.15) is 31.7 Å². The summed E-state index contributed by atoms with van der Waals surface area (Å²) < 4.78 is 5.07. The van der Waals surface area contributed by atoms with E-state index in [-0.39, 0.29) is 5.92 Å². The van der Waals surface area contributed by atoms with Crippen molar-refractivity contribution in [1.29, 1.82) is 0 Å². The summed E-state index contributed by atoms with van der Waals surface area (Å²) in [7, 11) is 1.64. The minimum Gasteiger partial charge on any atom is -0.497 e. The lowest BCUT2D eigenvalue weighted by Gasteiger charge is -2.09. The van der Waals surface area contributed by atoms with E-state index in [2.05, 4.69) is 6.42 Å². The van der Waals surface area contributed by atoms with E-state index < -0.39 is 5.97 Å². The van der Waals surface area contributed by atoms with Gasteiger partial charge in [-0.1, -0.05) is 19.1 Å². The van der Waals surface area contributed by atoms with Gasteiger partial charge in [0, 0.05) is 0 Å². The number of ether oxygens (including phenoxy) is 1. The molecule has 1 aromatic carbocycles. The highest BCUT2D eigenvalue weighted by Crippen LogP contribution is 2.17. The predicted molar refractivity (Wildman–Crippen MR) is 67.0 cm³/mol. The predicted octanol–water partition coefficient (Wildman–Crippen LogP) is 3.14. The van der Waals surface area contributed by atoms with E-state index in [1.807, 2.05) is 31.2 Å². The molecular weight excluding hydrogens is 216 g/mol. The van der Waals surface area contributed by atoms with Gasteiger partial charge in [0.15, 0.2) is 0 Å². The second-order valence-electron chi connectivity index (χ2n) is 4.00. The number of carbonyl (C=O) groups is 1. The number of carboxylic acids is 1. The maximum absolute atomic E-state index is 10.8. The van der Waals surface area contributed by atoms with E-state index in [1.165, 1.54) is 0 Å². The molecule has 0 saturated carbocycles. The van der Waals surface area contributed by atoms with Crippen molar-refractivity contribution in [1.82, 2.24) is 0 Å². The Hall–Kier alpha value is -1.51. The first-order chi connectivity index (χ1) is 8.17. The Morgan fingerprint density at radius 3 is 2.53 bits per heavy atom. The van der Waals surface area contributed by atoms with Crippen molar-refractivity contribution in [2.75, 3.05) is 7.11 Å². The van der Waals surface area contributed by atoms with Gasteiger partial charge >= 0.3 is 5.97 Å². The van der Waals surface area contributed by atoms with E-state index in [0.717, 1.165) is 17.7 Å². The van der Waals surface area contributed by atoms with Crippen molar-refractivity contribution in [3.05, 3.63) is 36.2 Å². The highest BCUT2D eigenvalue weighted by Gasteiger charge is 2.13. The van der Waals surface area contributed by atoms with Gasteiger partial charge in [-0.3, -0.25) is 4.79 Å². The summed E-state index contributed by atoms with van der Waals surface area (Å²) >= 11 is 0. The molecule has 1 atom stereocenters. The minimum atomic E-state index is -0.698. The zero-order valence-electron chi connectivity index (χ0n) is 10.3. The summed E-state index contributed by atoms with van der Waals surface area (Å²) in [5.74, 6) is -0.0979. The lowest BCUT2D eigenvalue weighted by molar-refractivity contribution is -0.142. The van der Waals surface area contributed by atoms with Crippen molar-refractivity contribution in [2.45, 2.75) is 26.2 Å². The number of methoxy groups -OCH3 is 1. The largest absolute Gasteiger partial charge is 0.497 e. The van der Waals surface area contributed by atoms with E-state index in [1.54, 1.807) is 7.11 Å². The van der Waals surface area contributed by atoms with Gasteiger partial charge in [-0.25, -0.2) is 0 Å². The maximum atomic E-state index is 10.8. The fraction of sp³-hybridized carbons (Fsp3) is 0.429. The number of hydrogen-bond donors (Lipinski definition) is 1. The van der Waals surface area contributed by atoms with Crippen LogP contribution in [0.15, 0.2) is 24.3 Å². The number of aliphatic carboxylic acids is 1. The third-order valence-corrected chi connectivity index (χ3v) is 2.85. The van der Waals surface area contributed by atoms with Gasteiger partial charge in [0.1, 0.15) is 5.75 Å². The van der Waals surface area contributed by atoms with Gasteiger partial charge in [0.2, 0.25) is 0 Å². The molecule has 0 aromatic heterocycles. The van der Waals surface area contributed by atoms with Crippen molar-refractivity contribution in [2.24, 2.45) is 5.92 Å². The van der Waals surface area contributed by atoms with Crippen LogP contribution in [0.2, 0.25) is 0 Å². The third kappa shape index (κ3) is 4.47. The van der Waals surface area contributed by atoms with Gasteiger partial charge < -0.3 is 9.84 Å². The summed E-state index contributed by atoms with van der Waals surface area (Å²) in [6.07, 6.45) is 4.23. The van der Waals surface area contributed by atoms with Crippen LogP contribution in [0.25, 0.3) is 0 Å². The molecule has 0 aliphatic heterocycles. The second kappa shape index (κ2) is 6.94. The van der Waals surface area contributed by atoms with E-state index >= 15 is 0 Å². The number of hydrogen-bond acceptors (Lipinski definition) is 2. The van der Waals surface area contributed by atoms with Crippen LogP contribution in [0.3, 0.4) is 0 Å². The lowest BCUT2D eigenvalue weighted by Crippen LogP contribution is -2.12. The molecule has 0 aliphatic rings. The summed E-state index contributed by atoms with van der Waals surface area (Å²) in [5.41, 5.74) is 1.10. The Balaban J connectivity index is 2.37. The molecule has 0 saturated heterocycles. The molecule has 0 fully saturated rings. The fourth-order valence-corrected chi connectivity index (χ4v) is 1.69. The van der Waals surface area contributed by atoms with Crippen molar-refractivity contribution >= 4 is 5.97 Å². The SMILES string of the molecule is CCC(CC[CH]c1ccc(OC)cc1)C(=O)O. The first-order valence-corrected chi connectivity index (χ1v) is 5.87. The molecule has 0 aliphatic carbocycles. The van der Waals surface area contributed by atoms with Crippen LogP contribution in [-0.2, 0) is 4.79 Å². The van der Waals surface area contributed by atoms with Gasteiger partial charge in [-0.2, -0.15) is 0 Å². The molecule has 0 amide bonds. The molecule has 1 unspecified atom stereocenters. The number of carboxylic acid groups (broad SMARTS) is 1. The molecule has 0 spiro atoms. The van der Waals surface area contributed by atoms with Crippen molar-refractivity contribution in [3.8, 4) is 5.75 Å². The molecule has 3 nitrogen and oxygen atoms in total. The van der Waals surface area contributed by atoms with Crippen LogP contribution >= 0.6 is 0 Å². The Kier molecular flexibility index (Phi) is 5.53. The molecular formula is C14H19O3. The third-order valence-electron chi connectivity index (χ3n) is 2.85. The molecule has 1 radical (unpaired) electrons. The first-order valence-electron chi connectivity index (χ1n) is 5.87. The highest BCUT2D eigenvalue weighted by atomic mass is 16.5. The molecule has 0 bridgehead atoms. The number of benzene rings is 1. The van der Waals surface area contributed by atoms with E-state index in [4.69, 9.17) is 9.84 Å². The minimum absolute atomic E-state index is 0.232. The summed E-state index contributed by atoms with van der Waals surface area (Å²) in [6.45, 7) is 1.91. The fourth-order valence-electron chi connectivity index (χ4n) is 1.69. The van der Waals surface area contributed by atoms with Crippen LogP contribution in [0.4, 0.5) is 0 Å². The normalized spacial score (nSPS) is 12.1. The molecule has 1 aromatic rings. The average Bonchev–Trinajstić information content (AvgIpc) is 2.35. The van der Waals surface area contributed by atoms with Gasteiger partial charge in [0.05, 0.1) is 13.0 Å². The smallest absolute Gasteiger partial charge is 0.306 e. The topological polar surface area (TPSA) is 46.5 Å². The van der Waals surface area contributed by atoms with Crippen molar-refractivity contribution in [3.63, 3.8) is 0 Å². The lowest BCUT2D eigenvalue weighted by atomic mass is 9.97. The van der Waals surface area contributed by atoms with Crippen LogP contribution in [0.5, 0.6) is 5.75 Å². The highest BCUT2D eigenvalue weighted by molar-refractivity contribution is 5.69. The van der Waals surface area contributed by atoms with Crippen LogP contribution in [0, 0.1) is 12.3 Å². The van der Waals surface area contributed by atoms with Crippen LogP contribution in [-0.4, -0.2) is 18.2 Å². The van der Waals surface area contributed by atoms with Gasteiger partial charge in [0.25, 0.3) is 0 Å². The number of rotatable bonds is 7. The molecule has 17 heavy (non-hydrogen) atoms. The van der Waals surface area contributed by atoms with E-state index in [9.17, 15) is 4.79 Å². The maximum Gasteiger partial charge on any atom is 0.306 e. The van der Waals surface area contributed by atoms with Crippen LogP contribution < -0.4 is 4.74 Å². The monoisotopic (exact) mass is 235 g/mol. The van der Waals surface area contributed by atoms with Gasteiger partial charge in [-0.05, 0) is 43.4 Å². The summed E-state index contributed by atoms with van der Waals surface area (Å²) in [6, 6.07) is 7.75. The first kappa shape index (κ1) is 13.6. The quantitative estimate of drug-likeness (QED) is 0.789.